The molecule has 1 atom stereocenters. The van der Waals surface area contributed by atoms with Crippen LogP contribution in [0.4, 0.5) is 0 Å². The van der Waals surface area contributed by atoms with Crippen molar-refractivity contribution < 1.29 is 0 Å². The van der Waals surface area contributed by atoms with Crippen LogP contribution in [0.5, 0.6) is 0 Å². The Morgan fingerprint density at radius 2 is 1.84 bits per heavy atom. The first kappa shape index (κ1) is 14.3. The third-order valence-corrected chi connectivity index (χ3v) is 4.83. The second kappa shape index (κ2) is 6.88. The van der Waals surface area contributed by atoms with Crippen LogP contribution in [0.1, 0.15) is 34.2 Å². The summed E-state index contributed by atoms with van der Waals surface area (Å²) >= 11 is 1.91. The van der Waals surface area contributed by atoms with Gasteiger partial charge in [0.1, 0.15) is 0 Å². The molecule has 0 aliphatic rings. The van der Waals surface area contributed by atoms with Crippen LogP contribution < -0.4 is 5.73 Å². The lowest BCUT2D eigenvalue weighted by Gasteiger charge is -2.11. The zero-order valence-electron chi connectivity index (χ0n) is 11.9. The number of benzene rings is 1. The van der Waals surface area contributed by atoms with Gasteiger partial charge in [-0.05, 0) is 55.9 Å². The van der Waals surface area contributed by atoms with Crippen molar-refractivity contribution in [3.63, 3.8) is 0 Å². The molecule has 0 aliphatic heterocycles. The lowest BCUT2D eigenvalue weighted by molar-refractivity contribution is 0.614. The molecule has 0 amide bonds. The zero-order chi connectivity index (χ0) is 13.7. The van der Waals surface area contributed by atoms with Crippen molar-refractivity contribution in [2.24, 2.45) is 5.73 Å². The Morgan fingerprint density at radius 1 is 1.11 bits per heavy atom. The summed E-state index contributed by atoms with van der Waals surface area (Å²) in [6.07, 6.45) is 4.28. The lowest BCUT2D eigenvalue weighted by atomic mass is 10.00. The molecule has 2 N–H and O–H groups in total. The molecule has 0 radical (unpaired) electrons. The molecular formula is C17H23NS. The standard InChI is InChI=1S/C17H23NS/c1-3-16-10-11-17(19-16)12-15(18)9-8-14-7-5-4-6-13(14)2/h4-7,10-11,15H,3,8-9,12,18H2,1-2H3. The van der Waals surface area contributed by atoms with Crippen molar-refractivity contribution >= 4 is 11.3 Å². The van der Waals surface area contributed by atoms with E-state index in [2.05, 4.69) is 50.2 Å². The predicted octanol–water partition coefficient (Wildman–Crippen LogP) is 4.12. The third kappa shape index (κ3) is 4.19. The molecule has 1 unspecified atom stereocenters. The first-order valence-electron chi connectivity index (χ1n) is 7.06. The van der Waals surface area contributed by atoms with Crippen LogP contribution in [0.15, 0.2) is 36.4 Å². The first-order chi connectivity index (χ1) is 9.19. The van der Waals surface area contributed by atoms with Gasteiger partial charge < -0.3 is 5.73 Å². The number of thiophene rings is 1. The summed E-state index contributed by atoms with van der Waals surface area (Å²) in [5.41, 5.74) is 9.06. The Hall–Kier alpha value is -1.12. The van der Waals surface area contributed by atoms with E-state index in [0.717, 1.165) is 25.7 Å². The highest BCUT2D eigenvalue weighted by Crippen LogP contribution is 2.19. The maximum absolute atomic E-state index is 6.26. The average molecular weight is 273 g/mol. The molecule has 0 saturated heterocycles. The van der Waals surface area contributed by atoms with E-state index in [4.69, 9.17) is 5.73 Å². The monoisotopic (exact) mass is 273 g/mol. The van der Waals surface area contributed by atoms with Crippen LogP contribution in [0.3, 0.4) is 0 Å². The minimum Gasteiger partial charge on any atom is -0.327 e. The first-order valence-corrected chi connectivity index (χ1v) is 7.88. The van der Waals surface area contributed by atoms with Gasteiger partial charge in [0.2, 0.25) is 0 Å². The van der Waals surface area contributed by atoms with Gasteiger partial charge in [-0.3, -0.25) is 0 Å². The smallest absolute Gasteiger partial charge is 0.00903 e. The molecule has 0 aliphatic carbocycles. The van der Waals surface area contributed by atoms with Crippen LogP contribution in [0, 0.1) is 6.92 Å². The summed E-state index contributed by atoms with van der Waals surface area (Å²) in [5.74, 6) is 0. The van der Waals surface area contributed by atoms with E-state index in [9.17, 15) is 0 Å². The number of nitrogens with two attached hydrogens (primary N) is 1. The van der Waals surface area contributed by atoms with Crippen LogP contribution in [0.25, 0.3) is 0 Å². The molecule has 1 heterocycles. The van der Waals surface area contributed by atoms with Gasteiger partial charge in [-0.2, -0.15) is 0 Å². The molecule has 2 aromatic rings. The molecule has 1 aromatic carbocycles. The molecule has 19 heavy (non-hydrogen) atoms. The highest BCUT2D eigenvalue weighted by molar-refractivity contribution is 7.11. The topological polar surface area (TPSA) is 26.0 Å². The normalized spacial score (nSPS) is 12.6. The number of rotatable bonds is 6. The highest BCUT2D eigenvalue weighted by atomic mass is 32.1. The Bertz CT molecular complexity index is 515. The van der Waals surface area contributed by atoms with Gasteiger partial charge in [-0.25, -0.2) is 0 Å². The molecule has 1 aromatic heterocycles. The van der Waals surface area contributed by atoms with Crippen molar-refractivity contribution in [2.75, 3.05) is 0 Å². The molecule has 2 rings (SSSR count). The number of hydrogen-bond acceptors (Lipinski definition) is 2. The van der Waals surface area contributed by atoms with Gasteiger partial charge in [-0.15, -0.1) is 11.3 Å². The SMILES string of the molecule is CCc1ccc(CC(N)CCc2ccccc2C)s1. The van der Waals surface area contributed by atoms with Crippen LogP contribution in [-0.4, -0.2) is 6.04 Å². The highest BCUT2D eigenvalue weighted by Gasteiger charge is 2.07. The Labute approximate surface area is 120 Å². The Balaban J connectivity index is 1.84. The van der Waals surface area contributed by atoms with Gasteiger partial charge in [0.25, 0.3) is 0 Å². The molecular weight excluding hydrogens is 250 g/mol. The van der Waals surface area contributed by atoms with Gasteiger partial charge in [0.05, 0.1) is 0 Å². The minimum atomic E-state index is 0.267. The Kier molecular flexibility index (Phi) is 5.17. The molecule has 0 fully saturated rings. The predicted molar refractivity (Wildman–Crippen MR) is 84.9 cm³/mol. The molecule has 1 nitrogen and oxygen atoms in total. The summed E-state index contributed by atoms with van der Waals surface area (Å²) in [5, 5.41) is 0. The van der Waals surface area contributed by atoms with E-state index in [-0.39, 0.29) is 6.04 Å². The van der Waals surface area contributed by atoms with Gasteiger partial charge >= 0.3 is 0 Å². The fraction of sp³-hybridized carbons (Fsp3) is 0.412. The van der Waals surface area contributed by atoms with Crippen LogP contribution >= 0.6 is 11.3 Å². The van der Waals surface area contributed by atoms with Crippen molar-refractivity contribution in [1.82, 2.24) is 0 Å². The van der Waals surface area contributed by atoms with E-state index in [1.807, 2.05) is 11.3 Å². The number of aryl methyl sites for hydroxylation is 3. The van der Waals surface area contributed by atoms with E-state index >= 15 is 0 Å². The fourth-order valence-electron chi connectivity index (χ4n) is 2.31. The van der Waals surface area contributed by atoms with Crippen molar-refractivity contribution in [3.05, 3.63) is 57.3 Å². The molecule has 2 heteroatoms. The minimum absolute atomic E-state index is 0.267. The van der Waals surface area contributed by atoms with E-state index < -0.39 is 0 Å². The summed E-state index contributed by atoms with van der Waals surface area (Å²) in [4.78, 5) is 2.88. The molecule has 0 bridgehead atoms. The maximum atomic E-state index is 6.26. The maximum Gasteiger partial charge on any atom is 0.00903 e. The van der Waals surface area contributed by atoms with Crippen molar-refractivity contribution in [1.29, 1.82) is 0 Å². The van der Waals surface area contributed by atoms with Crippen molar-refractivity contribution in [2.45, 2.75) is 45.6 Å². The van der Waals surface area contributed by atoms with Crippen LogP contribution in [-0.2, 0) is 19.3 Å². The van der Waals surface area contributed by atoms with Gasteiger partial charge in [-0.1, -0.05) is 31.2 Å². The van der Waals surface area contributed by atoms with E-state index in [1.54, 1.807) is 0 Å². The summed E-state index contributed by atoms with van der Waals surface area (Å²) in [7, 11) is 0. The average Bonchev–Trinajstić information content (AvgIpc) is 2.85. The molecule has 0 spiro atoms. The van der Waals surface area contributed by atoms with Gasteiger partial charge in [0.15, 0.2) is 0 Å². The zero-order valence-corrected chi connectivity index (χ0v) is 12.7. The lowest BCUT2D eigenvalue weighted by Crippen LogP contribution is -2.23. The largest absolute Gasteiger partial charge is 0.327 e. The second-order valence-electron chi connectivity index (χ2n) is 5.15. The number of hydrogen-bond donors (Lipinski definition) is 1. The van der Waals surface area contributed by atoms with E-state index in [1.165, 1.54) is 20.9 Å². The molecule has 0 saturated carbocycles. The summed E-state index contributed by atoms with van der Waals surface area (Å²) in [6.45, 7) is 4.38. The van der Waals surface area contributed by atoms with E-state index in [0.29, 0.717) is 0 Å². The summed E-state index contributed by atoms with van der Waals surface area (Å²) < 4.78 is 0. The van der Waals surface area contributed by atoms with Crippen molar-refractivity contribution in [3.8, 4) is 0 Å². The fourth-order valence-corrected chi connectivity index (χ4v) is 3.36. The van der Waals surface area contributed by atoms with Gasteiger partial charge in [0, 0.05) is 15.8 Å². The third-order valence-electron chi connectivity index (χ3n) is 3.57. The Morgan fingerprint density at radius 3 is 2.53 bits per heavy atom. The summed E-state index contributed by atoms with van der Waals surface area (Å²) in [6, 6.07) is 13.3. The molecule has 102 valence electrons. The quantitative estimate of drug-likeness (QED) is 0.841. The van der Waals surface area contributed by atoms with Crippen LogP contribution in [0.2, 0.25) is 0 Å². The second-order valence-corrected chi connectivity index (χ2v) is 6.40.